The Labute approximate surface area is 128 Å². The first-order valence-corrected chi connectivity index (χ1v) is 8.62. The number of nitrogens with zero attached hydrogens (tertiary/aromatic N) is 1. The summed E-state index contributed by atoms with van der Waals surface area (Å²) in [6, 6.07) is 7.85. The molecule has 7 nitrogen and oxygen atoms in total. The highest BCUT2D eigenvalue weighted by molar-refractivity contribution is 7.90. The molecule has 1 aromatic carbocycles. The Morgan fingerprint density at radius 1 is 1.27 bits per heavy atom. The van der Waals surface area contributed by atoms with E-state index in [1.165, 1.54) is 0 Å². The number of hydrogen-bond donors (Lipinski definition) is 1. The number of hydrogen-bond acceptors (Lipinski definition) is 5. The van der Waals surface area contributed by atoms with Crippen LogP contribution in [-0.2, 0) is 25.1 Å². The molecule has 22 heavy (non-hydrogen) atoms. The summed E-state index contributed by atoms with van der Waals surface area (Å²) in [7, 11) is -3.39. The summed E-state index contributed by atoms with van der Waals surface area (Å²) in [5.74, 6) is -1.49. The monoisotopic (exact) mass is 327 g/mol. The fourth-order valence-corrected chi connectivity index (χ4v) is 3.28. The number of benzene rings is 1. The maximum Gasteiger partial charge on any atom is 0.410 e. The van der Waals surface area contributed by atoms with Gasteiger partial charge in [0.2, 0.25) is 0 Å². The van der Waals surface area contributed by atoms with Crippen LogP contribution in [0, 0.1) is 0 Å². The van der Waals surface area contributed by atoms with Crippen LogP contribution in [-0.4, -0.2) is 55.4 Å². The lowest BCUT2D eigenvalue weighted by atomic mass is 10.1. The number of likely N-dealkylation sites (tertiary alicyclic amines) is 1. The second-order valence-electron chi connectivity index (χ2n) is 5.03. The van der Waals surface area contributed by atoms with Crippen molar-refractivity contribution in [1.29, 1.82) is 0 Å². The number of sulfone groups is 1. The summed E-state index contributed by atoms with van der Waals surface area (Å²) in [4.78, 5) is 23.5. The Morgan fingerprint density at radius 3 is 2.50 bits per heavy atom. The molecule has 1 aliphatic heterocycles. The largest absolute Gasteiger partial charge is 0.480 e. The standard InChI is InChI=1S/C14H17NO6S/c16-13(17)12-6-7-15(12)14(18)21-8-9-22(19,20)10-11-4-2-1-3-5-11/h1-5,12H,6-10H2,(H,16,17). The van der Waals surface area contributed by atoms with Crippen molar-refractivity contribution in [2.24, 2.45) is 0 Å². The lowest BCUT2D eigenvalue weighted by Gasteiger charge is -2.36. The van der Waals surface area contributed by atoms with Gasteiger partial charge in [-0.2, -0.15) is 0 Å². The molecule has 0 aliphatic carbocycles. The number of amides is 1. The first-order valence-electron chi connectivity index (χ1n) is 6.79. The zero-order valence-corrected chi connectivity index (χ0v) is 12.7. The molecule has 0 spiro atoms. The van der Waals surface area contributed by atoms with Gasteiger partial charge in [0.15, 0.2) is 9.84 Å². The molecule has 1 atom stereocenters. The number of carboxylic acid groups (broad SMARTS) is 1. The third kappa shape index (κ3) is 4.20. The Kier molecular flexibility index (Phi) is 5.02. The number of rotatable bonds is 6. The summed E-state index contributed by atoms with van der Waals surface area (Å²) < 4.78 is 28.7. The van der Waals surface area contributed by atoms with E-state index in [-0.39, 0.29) is 18.1 Å². The summed E-state index contributed by atoms with van der Waals surface area (Å²) >= 11 is 0. The smallest absolute Gasteiger partial charge is 0.410 e. The van der Waals surface area contributed by atoms with Gasteiger partial charge >= 0.3 is 12.1 Å². The SMILES string of the molecule is O=C(O)C1CCN1C(=O)OCCS(=O)(=O)Cc1ccccc1. The van der Waals surface area contributed by atoms with Crippen LogP contribution in [0.2, 0.25) is 0 Å². The van der Waals surface area contributed by atoms with Crippen molar-refractivity contribution in [1.82, 2.24) is 4.90 Å². The molecule has 1 N–H and O–H groups in total. The number of carbonyl (C=O) groups is 2. The molecule has 1 saturated heterocycles. The second kappa shape index (κ2) is 6.78. The van der Waals surface area contributed by atoms with E-state index in [1.54, 1.807) is 30.3 Å². The topological polar surface area (TPSA) is 101 Å². The van der Waals surface area contributed by atoms with E-state index in [1.807, 2.05) is 0 Å². The molecule has 0 aromatic heterocycles. The van der Waals surface area contributed by atoms with E-state index in [4.69, 9.17) is 9.84 Å². The van der Waals surface area contributed by atoms with Crippen LogP contribution < -0.4 is 0 Å². The van der Waals surface area contributed by atoms with Gasteiger partial charge in [-0.25, -0.2) is 18.0 Å². The Morgan fingerprint density at radius 2 is 1.95 bits per heavy atom. The minimum Gasteiger partial charge on any atom is -0.480 e. The van der Waals surface area contributed by atoms with Crippen molar-refractivity contribution in [2.75, 3.05) is 18.9 Å². The molecular formula is C14H17NO6S. The highest BCUT2D eigenvalue weighted by Crippen LogP contribution is 2.18. The third-order valence-corrected chi connectivity index (χ3v) is 4.95. The van der Waals surface area contributed by atoms with Gasteiger partial charge < -0.3 is 9.84 Å². The van der Waals surface area contributed by atoms with Crippen LogP contribution >= 0.6 is 0 Å². The van der Waals surface area contributed by atoms with Gasteiger partial charge in [-0.3, -0.25) is 4.90 Å². The van der Waals surface area contributed by atoms with E-state index >= 15 is 0 Å². The van der Waals surface area contributed by atoms with E-state index in [2.05, 4.69) is 0 Å². The molecule has 2 rings (SSSR count). The summed E-state index contributed by atoms with van der Waals surface area (Å²) in [6.45, 7) is 0.0312. The number of carboxylic acids is 1. The van der Waals surface area contributed by atoms with E-state index < -0.39 is 27.9 Å². The highest BCUT2D eigenvalue weighted by Gasteiger charge is 2.38. The fraction of sp³-hybridized carbons (Fsp3) is 0.429. The van der Waals surface area contributed by atoms with Crippen molar-refractivity contribution in [3.63, 3.8) is 0 Å². The van der Waals surface area contributed by atoms with Crippen LogP contribution in [0.3, 0.4) is 0 Å². The highest BCUT2D eigenvalue weighted by atomic mass is 32.2. The molecular weight excluding hydrogens is 310 g/mol. The van der Waals surface area contributed by atoms with Gasteiger partial charge in [-0.15, -0.1) is 0 Å². The van der Waals surface area contributed by atoms with E-state index in [0.29, 0.717) is 18.5 Å². The van der Waals surface area contributed by atoms with Gasteiger partial charge in [0.05, 0.1) is 11.5 Å². The van der Waals surface area contributed by atoms with Crippen LogP contribution in [0.5, 0.6) is 0 Å². The second-order valence-corrected chi connectivity index (χ2v) is 7.21. The molecule has 120 valence electrons. The maximum absolute atomic E-state index is 11.9. The predicted octanol–water partition coefficient (Wildman–Crippen LogP) is 0.897. The maximum atomic E-state index is 11.9. The molecule has 1 heterocycles. The molecule has 0 bridgehead atoms. The van der Waals surface area contributed by atoms with Crippen LogP contribution in [0.1, 0.15) is 12.0 Å². The number of carbonyl (C=O) groups excluding carboxylic acids is 1. The first-order chi connectivity index (χ1) is 10.4. The normalized spacial score (nSPS) is 17.6. The van der Waals surface area contributed by atoms with Crippen molar-refractivity contribution in [2.45, 2.75) is 18.2 Å². The van der Waals surface area contributed by atoms with Crippen molar-refractivity contribution in [3.8, 4) is 0 Å². The zero-order valence-electron chi connectivity index (χ0n) is 11.8. The molecule has 1 fully saturated rings. The van der Waals surface area contributed by atoms with Gasteiger partial charge in [-0.05, 0) is 12.0 Å². The molecule has 1 aliphatic rings. The Bertz CT molecular complexity index is 643. The summed E-state index contributed by atoms with van der Waals surface area (Å²) in [5.41, 5.74) is 0.669. The lowest BCUT2D eigenvalue weighted by Crippen LogP contribution is -2.55. The van der Waals surface area contributed by atoms with Crippen LogP contribution in [0.4, 0.5) is 4.79 Å². The number of aliphatic carboxylic acids is 1. The predicted molar refractivity (Wildman–Crippen MR) is 78.0 cm³/mol. The van der Waals surface area contributed by atoms with E-state index in [0.717, 1.165) is 4.90 Å². The van der Waals surface area contributed by atoms with Crippen LogP contribution in [0.25, 0.3) is 0 Å². The average Bonchev–Trinajstić information content (AvgIpc) is 2.36. The lowest BCUT2D eigenvalue weighted by molar-refractivity contribution is -0.146. The zero-order chi connectivity index (χ0) is 16.2. The number of ether oxygens (including phenoxy) is 1. The minimum absolute atomic E-state index is 0.118. The Hall–Kier alpha value is -2.09. The first kappa shape index (κ1) is 16.3. The van der Waals surface area contributed by atoms with Crippen LogP contribution in [0.15, 0.2) is 30.3 Å². The molecule has 0 radical (unpaired) electrons. The van der Waals surface area contributed by atoms with Gasteiger partial charge in [-0.1, -0.05) is 30.3 Å². The van der Waals surface area contributed by atoms with Crippen molar-refractivity contribution in [3.05, 3.63) is 35.9 Å². The molecule has 0 saturated carbocycles. The third-order valence-electron chi connectivity index (χ3n) is 3.39. The quantitative estimate of drug-likeness (QED) is 0.833. The van der Waals surface area contributed by atoms with Gasteiger partial charge in [0.1, 0.15) is 12.6 Å². The van der Waals surface area contributed by atoms with Crippen molar-refractivity contribution < 1.29 is 27.9 Å². The van der Waals surface area contributed by atoms with E-state index in [9.17, 15) is 18.0 Å². The average molecular weight is 327 g/mol. The van der Waals surface area contributed by atoms with Gasteiger partial charge in [0.25, 0.3) is 0 Å². The molecule has 1 aromatic rings. The fourth-order valence-electron chi connectivity index (χ4n) is 2.10. The summed E-state index contributed by atoms with van der Waals surface area (Å²) in [5, 5.41) is 8.83. The van der Waals surface area contributed by atoms with Crippen molar-refractivity contribution >= 4 is 21.9 Å². The molecule has 1 amide bonds. The summed E-state index contributed by atoms with van der Waals surface area (Å²) in [6.07, 6.45) is -0.398. The Balaban J connectivity index is 1.78. The minimum atomic E-state index is -3.39. The molecule has 1 unspecified atom stereocenters. The molecule has 8 heteroatoms. The van der Waals surface area contributed by atoms with Gasteiger partial charge in [0, 0.05) is 6.54 Å².